The summed E-state index contributed by atoms with van der Waals surface area (Å²) in [5, 5.41) is 9.22. The van der Waals surface area contributed by atoms with Crippen molar-refractivity contribution in [2.75, 3.05) is 20.6 Å². The van der Waals surface area contributed by atoms with Gasteiger partial charge >= 0.3 is 5.97 Å². The highest BCUT2D eigenvalue weighted by Crippen LogP contribution is 2.16. The number of rotatable bonds is 20. The van der Waals surface area contributed by atoms with E-state index < -0.39 is 5.97 Å². The first-order valence-electron chi connectivity index (χ1n) is 11.5. The Balaban J connectivity index is 3.25. The van der Waals surface area contributed by atoms with E-state index >= 15 is 0 Å². The summed E-state index contributed by atoms with van der Waals surface area (Å²) in [5.74, 6) is -0.837. The fourth-order valence-electron chi connectivity index (χ4n) is 3.67. The number of aliphatic carboxylic acids is 1. The van der Waals surface area contributed by atoms with E-state index in [9.17, 15) is 9.90 Å². The van der Waals surface area contributed by atoms with E-state index in [0.29, 0.717) is 6.54 Å². The highest BCUT2D eigenvalue weighted by Gasteiger charge is 2.17. The van der Waals surface area contributed by atoms with Crippen LogP contribution in [0.4, 0.5) is 0 Å². The van der Waals surface area contributed by atoms with Gasteiger partial charge in [0.05, 0.1) is 5.92 Å². The third kappa shape index (κ3) is 18.2. The van der Waals surface area contributed by atoms with Crippen LogP contribution in [0.3, 0.4) is 0 Å². The second kappa shape index (κ2) is 19.2. The monoisotopic (exact) mass is 369 g/mol. The van der Waals surface area contributed by atoms with Gasteiger partial charge in [0.1, 0.15) is 0 Å². The molecule has 3 nitrogen and oxygen atoms in total. The van der Waals surface area contributed by atoms with Crippen LogP contribution in [0.15, 0.2) is 0 Å². The lowest BCUT2D eigenvalue weighted by molar-refractivity contribution is -0.142. The van der Waals surface area contributed by atoms with Crippen LogP contribution in [0, 0.1) is 5.92 Å². The van der Waals surface area contributed by atoms with Gasteiger partial charge in [-0.15, -0.1) is 0 Å². The number of carbonyl (C=O) groups is 1. The SMILES string of the molecule is CCCCCCCCCCCCCCCCCCC(CN(C)C)C(=O)O. The number of unbranched alkanes of at least 4 members (excludes halogenated alkanes) is 15. The first-order valence-corrected chi connectivity index (χ1v) is 11.5. The zero-order valence-corrected chi connectivity index (χ0v) is 18.1. The number of hydrogen-bond acceptors (Lipinski definition) is 2. The first-order chi connectivity index (χ1) is 12.6. The van der Waals surface area contributed by atoms with Crippen LogP contribution in [-0.4, -0.2) is 36.6 Å². The molecule has 0 aliphatic rings. The van der Waals surface area contributed by atoms with Gasteiger partial charge < -0.3 is 10.0 Å². The molecule has 0 aromatic heterocycles. The molecule has 0 aromatic rings. The molecule has 0 spiro atoms. The van der Waals surface area contributed by atoms with Gasteiger partial charge in [0, 0.05) is 6.54 Å². The number of carboxylic acid groups (broad SMARTS) is 1. The molecule has 156 valence electrons. The van der Waals surface area contributed by atoms with Gasteiger partial charge in [-0.1, -0.05) is 110 Å². The smallest absolute Gasteiger partial charge is 0.307 e. The minimum atomic E-state index is -0.639. The Labute approximate surface area is 163 Å². The van der Waals surface area contributed by atoms with Crippen molar-refractivity contribution in [2.45, 2.75) is 116 Å². The number of hydrogen-bond donors (Lipinski definition) is 1. The Morgan fingerprint density at radius 3 is 1.35 bits per heavy atom. The maximum Gasteiger partial charge on any atom is 0.307 e. The summed E-state index contributed by atoms with van der Waals surface area (Å²) >= 11 is 0. The van der Waals surface area contributed by atoms with Crippen molar-refractivity contribution in [3.63, 3.8) is 0 Å². The maximum atomic E-state index is 11.2. The van der Waals surface area contributed by atoms with E-state index in [1.807, 2.05) is 19.0 Å². The summed E-state index contributed by atoms with van der Waals surface area (Å²) < 4.78 is 0. The van der Waals surface area contributed by atoms with Crippen LogP contribution in [0.25, 0.3) is 0 Å². The van der Waals surface area contributed by atoms with Crippen LogP contribution >= 0.6 is 0 Å². The van der Waals surface area contributed by atoms with Crippen molar-refractivity contribution in [1.82, 2.24) is 4.90 Å². The van der Waals surface area contributed by atoms with Gasteiger partial charge in [-0.05, 0) is 20.5 Å². The molecule has 0 bridgehead atoms. The minimum absolute atomic E-state index is 0.198. The van der Waals surface area contributed by atoms with Gasteiger partial charge in [0.15, 0.2) is 0 Å². The molecule has 0 saturated heterocycles. The molecule has 26 heavy (non-hydrogen) atoms. The summed E-state index contributed by atoms with van der Waals surface area (Å²) in [6.45, 7) is 2.94. The highest BCUT2D eigenvalue weighted by molar-refractivity contribution is 5.70. The largest absolute Gasteiger partial charge is 0.481 e. The summed E-state index contributed by atoms with van der Waals surface area (Å²) in [6.07, 6.45) is 22.6. The van der Waals surface area contributed by atoms with Crippen molar-refractivity contribution in [3.8, 4) is 0 Å². The Morgan fingerprint density at radius 2 is 1.04 bits per heavy atom. The van der Waals surface area contributed by atoms with Crippen molar-refractivity contribution in [2.24, 2.45) is 5.92 Å². The predicted molar refractivity (Wildman–Crippen MR) is 114 cm³/mol. The maximum absolute atomic E-state index is 11.2. The van der Waals surface area contributed by atoms with Crippen LogP contribution in [0.5, 0.6) is 0 Å². The molecule has 1 N–H and O–H groups in total. The fraction of sp³-hybridized carbons (Fsp3) is 0.957. The molecule has 1 unspecified atom stereocenters. The lowest BCUT2D eigenvalue weighted by Gasteiger charge is -2.16. The lowest BCUT2D eigenvalue weighted by Crippen LogP contribution is -2.27. The van der Waals surface area contributed by atoms with Crippen molar-refractivity contribution in [1.29, 1.82) is 0 Å². The molecule has 0 aliphatic heterocycles. The molecule has 0 saturated carbocycles. The lowest BCUT2D eigenvalue weighted by atomic mass is 9.99. The minimum Gasteiger partial charge on any atom is -0.481 e. The molecule has 0 aliphatic carbocycles. The average Bonchev–Trinajstić information content (AvgIpc) is 2.59. The molecule has 0 heterocycles. The Morgan fingerprint density at radius 1 is 0.692 bits per heavy atom. The van der Waals surface area contributed by atoms with Crippen LogP contribution in [-0.2, 0) is 4.79 Å². The molecule has 3 heteroatoms. The highest BCUT2D eigenvalue weighted by atomic mass is 16.4. The standard InChI is InChI=1S/C23H47NO2/c1-4-5-6-7-8-9-10-11-12-13-14-15-16-17-18-19-20-22(23(25)26)21-24(2)3/h22H,4-21H2,1-3H3,(H,25,26). The molecule has 1 atom stereocenters. The fourth-order valence-corrected chi connectivity index (χ4v) is 3.67. The van der Waals surface area contributed by atoms with E-state index in [4.69, 9.17) is 0 Å². The summed E-state index contributed by atoms with van der Waals surface area (Å²) in [5.41, 5.74) is 0. The quantitative estimate of drug-likeness (QED) is 0.237. The van der Waals surface area contributed by atoms with E-state index in [1.54, 1.807) is 0 Å². The second-order valence-corrected chi connectivity index (χ2v) is 8.39. The predicted octanol–water partition coefficient (Wildman–Crippen LogP) is 6.90. The number of carboxylic acids is 1. The van der Waals surface area contributed by atoms with Crippen LogP contribution in [0.1, 0.15) is 116 Å². The molecule has 0 amide bonds. The number of nitrogens with zero attached hydrogens (tertiary/aromatic N) is 1. The molecular weight excluding hydrogens is 322 g/mol. The molecule has 0 fully saturated rings. The Kier molecular flexibility index (Phi) is 18.8. The van der Waals surface area contributed by atoms with Crippen LogP contribution < -0.4 is 0 Å². The third-order valence-electron chi connectivity index (χ3n) is 5.34. The van der Waals surface area contributed by atoms with Gasteiger partial charge in [-0.3, -0.25) is 4.79 Å². The zero-order valence-electron chi connectivity index (χ0n) is 18.1. The van der Waals surface area contributed by atoms with Crippen molar-refractivity contribution < 1.29 is 9.90 Å². The summed E-state index contributed by atoms with van der Waals surface area (Å²) in [7, 11) is 3.90. The third-order valence-corrected chi connectivity index (χ3v) is 5.34. The van der Waals surface area contributed by atoms with Crippen molar-refractivity contribution >= 4 is 5.97 Å². The van der Waals surface area contributed by atoms with E-state index in [1.165, 1.54) is 96.3 Å². The molecule has 0 rings (SSSR count). The molecule has 0 aromatic carbocycles. The first kappa shape index (κ1) is 25.4. The van der Waals surface area contributed by atoms with Crippen molar-refractivity contribution in [3.05, 3.63) is 0 Å². The van der Waals surface area contributed by atoms with E-state index in [0.717, 1.165) is 12.8 Å². The van der Waals surface area contributed by atoms with Gasteiger partial charge in [0.2, 0.25) is 0 Å². The summed E-state index contributed by atoms with van der Waals surface area (Å²) in [6, 6.07) is 0. The Hall–Kier alpha value is -0.570. The van der Waals surface area contributed by atoms with Crippen LogP contribution in [0.2, 0.25) is 0 Å². The second-order valence-electron chi connectivity index (χ2n) is 8.39. The molecular formula is C23H47NO2. The van der Waals surface area contributed by atoms with Gasteiger partial charge in [0.25, 0.3) is 0 Å². The van der Waals surface area contributed by atoms with Gasteiger partial charge in [-0.2, -0.15) is 0 Å². The van der Waals surface area contributed by atoms with E-state index in [2.05, 4.69) is 6.92 Å². The summed E-state index contributed by atoms with van der Waals surface area (Å²) in [4.78, 5) is 13.2. The topological polar surface area (TPSA) is 40.5 Å². The zero-order chi connectivity index (χ0) is 19.5. The Bertz CT molecular complexity index is 305. The average molecular weight is 370 g/mol. The molecule has 0 radical (unpaired) electrons. The van der Waals surface area contributed by atoms with E-state index in [-0.39, 0.29) is 5.92 Å². The normalized spacial score (nSPS) is 12.6. The van der Waals surface area contributed by atoms with Gasteiger partial charge in [-0.25, -0.2) is 0 Å².